The van der Waals surface area contributed by atoms with Gasteiger partial charge in [0.2, 0.25) is 0 Å². The van der Waals surface area contributed by atoms with Crippen LogP contribution in [0.3, 0.4) is 0 Å². The Morgan fingerprint density at radius 3 is 2.57 bits per heavy atom. The van der Waals surface area contributed by atoms with Crippen LogP contribution in [0.4, 0.5) is 0 Å². The van der Waals surface area contributed by atoms with Crippen molar-refractivity contribution in [2.45, 2.75) is 26.7 Å². The van der Waals surface area contributed by atoms with Crippen LogP contribution < -0.4 is 5.32 Å². The Bertz CT molecular complexity index is 394. The van der Waals surface area contributed by atoms with E-state index in [0.717, 1.165) is 12.1 Å². The molecule has 1 heterocycles. The molecule has 0 atom stereocenters. The average molecular weight is 292 g/mol. The van der Waals surface area contributed by atoms with Gasteiger partial charge in [-0.05, 0) is 50.9 Å². The second kappa shape index (κ2) is 10.4. The Labute approximate surface area is 128 Å². The Morgan fingerprint density at radius 2 is 2.00 bits per heavy atom. The van der Waals surface area contributed by atoms with Crippen molar-refractivity contribution in [3.05, 3.63) is 36.0 Å². The number of hydrogen-bond donors (Lipinski definition) is 1. The maximum atomic E-state index is 11.3. The molecule has 1 fully saturated rings. The molecule has 0 aromatic rings. The van der Waals surface area contributed by atoms with Crippen molar-refractivity contribution in [1.82, 2.24) is 10.2 Å². The van der Waals surface area contributed by atoms with Crippen molar-refractivity contribution >= 4 is 5.97 Å². The highest BCUT2D eigenvalue weighted by Gasteiger charge is 2.12. The monoisotopic (exact) mass is 292 g/mol. The molecule has 0 saturated carbocycles. The van der Waals surface area contributed by atoms with Gasteiger partial charge in [-0.1, -0.05) is 24.8 Å². The number of nitrogens with one attached hydrogen (secondary N) is 1. The maximum absolute atomic E-state index is 11.3. The second-order valence-corrected chi connectivity index (χ2v) is 5.18. The normalized spacial score (nSPS) is 17.0. The first kappa shape index (κ1) is 17.7. The Kier molecular flexibility index (Phi) is 8.71. The molecule has 1 aliphatic rings. The van der Waals surface area contributed by atoms with E-state index in [1.54, 1.807) is 0 Å². The van der Waals surface area contributed by atoms with E-state index in [2.05, 4.69) is 28.9 Å². The standard InChI is InChI=1S/C17H28N2O2/c1-4-15(12-18-13-17(20)21-6-3)11-16(5-2)14-19-9-7-8-10-19/h4-5,11,18H,2,6-10,12-14H2,1,3H3/b15-4+,16-11+. The number of allylic oxidation sites excluding steroid dienone is 1. The van der Waals surface area contributed by atoms with E-state index in [1.165, 1.54) is 31.5 Å². The summed E-state index contributed by atoms with van der Waals surface area (Å²) in [6, 6.07) is 0. The molecule has 0 radical (unpaired) electrons. The first-order valence-electron chi connectivity index (χ1n) is 7.76. The molecule has 118 valence electrons. The molecule has 0 aromatic heterocycles. The van der Waals surface area contributed by atoms with Crippen LogP contribution in [-0.2, 0) is 9.53 Å². The number of carbonyl (C=O) groups is 1. The number of nitrogens with zero attached hydrogens (tertiary/aromatic N) is 1. The number of rotatable bonds is 9. The quantitative estimate of drug-likeness (QED) is 0.523. The van der Waals surface area contributed by atoms with Crippen LogP contribution in [0.25, 0.3) is 0 Å². The van der Waals surface area contributed by atoms with E-state index in [-0.39, 0.29) is 12.5 Å². The average Bonchev–Trinajstić information content (AvgIpc) is 2.98. The van der Waals surface area contributed by atoms with Crippen LogP contribution in [0.15, 0.2) is 36.0 Å². The minimum absolute atomic E-state index is 0.210. The number of ether oxygens (including phenoxy) is 1. The number of hydrogen-bond acceptors (Lipinski definition) is 4. The summed E-state index contributed by atoms with van der Waals surface area (Å²) < 4.78 is 4.89. The molecule has 0 unspecified atom stereocenters. The zero-order valence-corrected chi connectivity index (χ0v) is 13.4. The molecular weight excluding hydrogens is 264 g/mol. The predicted molar refractivity (Wildman–Crippen MR) is 87.2 cm³/mol. The lowest BCUT2D eigenvalue weighted by Gasteiger charge is -2.15. The summed E-state index contributed by atoms with van der Waals surface area (Å²) in [5, 5.41) is 3.11. The van der Waals surface area contributed by atoms with Gasteiger partial charge in [-0.2, -0.15) is 0 Å². The first-order chi connectivity index (χ1) is 10.2. The number of likely N-dealkylation sites (tertiary alicyclic amines) is 1. The Hall–Kier alpha value is -1.39. The topological polar surface area (TPSA) is 41.6 Å². The molecule has 0 amide bonds. The molecule has 0 aliphatic carbocycles. The van der Waals surface area contributed by atoms with Gasteiger partial charge in [0.1, 0.15) is 0 Å². The third kappa shape index (κ3) is 7.25. The van der Waals surface area contributed by atoms with E-state index >= 15 is 0 Å². The summed E-state index contributed by atoms with van der Waals surface area (Å²) in [6.07, 6.45) is 8.73. The van der Waals surface area contributed by atoms with Crippen molar-refractivity contribution in [3.63, 3.8) is 0 Å². The lowest BCUT2D eigenvalue weighted by Crippen LogP contribution is -2.26. The molecule has 0 spiro atoms. The van der Waals surface area contributed by atoms with Gasteiger partial charge in [-0.15, -0.1) is 0 Å². The van der Waals surface area contributed by atoms with E-state index in [1.807, 2.05) is 19.9 Å². The van der Waals surface area contributed by atoms with E-state index in [0.29, 0.717) is 13.2 Å². The van der Waals surface area contributed by atoms with E-state index in [9.17, 15) is 4.79 Å². The lowest BCUT2D eigenvalue weighted by atomic mass is 10.1. The van der Waals surface area contributed by atoms with E-state index < -0.39 is 0 Å². The summed E-state index contributed by atoms with van der Waals surface area (Å²) in [4.78, 5) is 13.7. The van der Waals surface area contributed by atoms with Crippen molar-refractivity contribution in [3.8, 4) is 0 Å². The van der Waals surface area contributed by atoms with Gasteiger partial charge in [0.15, 0.2) is 0 Å². The predicted octanol–water partition coefficient (Wildman–Crippen LogP) is 2.29. The fourth-order valence-electron chi connectivity index (χ4n) is 2.36. The van der Waals surface area contributed by atoms with Gasteiger partial charge < -0.3 is 10.1 Å². The zero-order valence-electron chi connectivity index (χ0n) is 13.4. The fourth-order valence-corrected chi connectivity index (χ4v) is 2.36. The minimum atomic E-state index is -0.210. The smallest absolute Gasteiger partial charge is 0.319 e. The summed E-state index contributed by atoms with van der Waals surface area (Å²) >= 11 is 0. The molecule has 4 nitrogen and oxygen atoms in total. The van der Waals surface area contributed by atoms with Crippen molar-refractivity contribution in [2.24, 2.45) is 0 Å². The highest BCUT2D eigenvalue weighted by Crippen LogP contribution is 2.12. The molecule has 1 rings (SSSR count). The van der Waals surface area contributed by atoms with Gasteiger partial charge in [0.05, 0.1) is 13.2 Å². The van der Waals surface area contributed by atoms with Crippen molar-refractivity contribution < 1.29 is 9.53 Å². The highest BCUT2D eigenvalue weighted by molar-refractivity contribution is 5.71. The molecule has 4 heteroatoms. The summed E-state index contributed by atoms with van der Waals surface area (Å²) in [5.41, 5.74) is 2.39. The number of esters is 1. The lowest BCUT2D eigenvalue weighted by molar-refractivity contribution is -0.141. The largest absolute Gasteiger partial charge is 0.465 e. The molecule has 0 bridgehead atoms. The van der Waals surface area contributed by atoms with Gasteiger partial charge in [0.25, 0.3) is 0 Å². The first-order valence-corrected chi connectivity index (χ1v) is 7.76. The molecular formula is C17H28N2O2. The van der Waals surface area contributed by atoms with Crippen LogP contribution in [0.5, 0.6) is 0 Å². The zero-order chi connectivity index (χ0) is 15.5. The second-order valence-electron chi connectivity index (χ2n) is 5.18. The van der Waals surface area contributed by atoms with Gasteiger partial charge in [-0.3, -0.25) is 9.69 Å². The van der Waals surface area contributed by atoms with Gasteiger partial charge in [-0.25, -0.2) is 0 Å². The van der Waals surface area contributed by atoms with Crippen LogP contribution in [0.1, 0.15) is 26.7 Å². The van der Waals surface area contributed by atoms with Crippen LogP contribution in [0.2, 0.25) is 0 Å². The highest BCUT2D eigenvalue weighted by atomic mass is 16.5. The molecule has 21 heavy (non-hydrogen) atoms. The van der Waals surface area contributed by atoms with Gasteiger partial charge >= 0.3 is 5.97 Å². The maximum Gasteiger partial charge on any atom is 0.319 e. The van der Waals surface area contributed by atoms with Gasteiger partial charge in [0, 0.05) is 13.1 Å². The SMILES string of the molecule is C=C/C(=C\C(=C/C)CNCC(=O)OCC)CN1CCCC1. The molecule has 1 aliphatic heterocycles. The third-order valence-electron chi connectivity index (χ3n) is 3.51. The summed E-state index contributed by atoms with van der Waals surface area (Å²) in [5.74, 6) is -0.210. The molecule has 1 saturated heterocycles. The van der Waals surface area contributed by atoms with Crippen molar-refractivity contribution in [1.29, 1.82) is 0 Å². The third-order valence-corrected chi connectivity index (χ3v) is 3.51. The van der Waals surface area contributed by atoms with Crippen LogP contribution in [-0.4, -0.2) is 50.2 Å². The molecule has 1 N–H and O–H groups in total. The minimum Gasteiger partial charge on any atom is -0.465 e. The van der Waals surface area contributed by atoms with E-state index in [4.69, 9.17) is 4.74 Å². The fraction of sp³-hybridized carbons (Fsp3) is 0.588. The van der Waals surface area contributed by atoms with Crippen LogP contribution in [0, 0.1) is 0 Å². The Balaban J connectivity index is 2.43. The summed E-state index contributed by atoms with van der Waals surface area (Å²) in [6.45, 7) is 12.4. The van der Waals surface area contributed by atoms with Crippen molar-refractivity contribution in [2.75, 3.05) is 39.3 Å². The van der Waals surface area contributed by atoms with Crippen LogP contribution >= 0.6 is 0 Å². The number of carbonyl (C=O) groups excluding carboxylic acids is 1. The Morgan fingerprint density at radius 1 is 1.29 bits per heavy atom. The summed E-state index contributed by atoms with van der Waals surface area (Å²) in [7, 11) is 0. The molecule has 0 aromatic carbocycles.